The van der Waals surface area contributed by atoms with Crippen LogP contribution in [0.15, 0.2) is 54.9 Å². The first-order valence-corrected chi connectivity index (χ1v) is 11.0. The van der Waals surface area contributed by atoms with Gasteiger partial charge in [0.1, 0.15) is 11.6 Å². The Kier molecular flexibility index (Phi) is 5.99. The standard InChI is InChI=1S/C25H30N6O/c1-4-31-13-10-25(2,3)20-8-7-18(15-21(20)31)30-24(32)19-6-5-11-28-23(19)29-16-17-9-12-27-22(26)14-17/h5-9,11-12,14-15H,4,10,13,16H2,1-3H3,(H2,26,27)(H,28,29)(H,30,32). The quantitative estimate of drug-likeness (QED) is 0.535. The predicted octanol–water partition coefficient (Wildman–Crippen LogP) is 4.43. The number of pyridine rings is 2. The average molecular weight is 431 g/mol. The summed E-state index contributed by atoms with van der Waals surface area (Å²) in [5.41, 5.74) is 10.6. The van der Waals surface area contributed by atoms with Crippen LogP contribution in [0.2, 0.25) is 0 Å². The monoisotopic (exact) mass is 430 g/mol. The highest BCUT2D eigenvalue weighted by Crippen LogP contribution is 2.40. The van der Waals surface area contributed by atoms with Crippen molar-refractivity contribution in [1.82, 2.24) is 9.97 Å². The van der Waals surface area contributed by atoms with Crippen LogP contribution in [-0.2, 0) is 12.0 Å². The van der Waals surface area contributed by atoms with Gasteiger partial charge in [-0.15, -0.1) is 0 Å². The van der Waals surface area contributed by atoms with Crippen LogP contribution in [0.4, 0.5) is 23.0 Å². The van der Waals surface area contributed by atoms with E-state index < -0.39 is 0 Å². The summed E-state index contributed by atoms with van der Waals surface area (Å²) in [6.45, 7) is 9.17. The van der Waals surface area contributed by atoms with Crippen molar-refractivity contribution in [2.24, 2.45) is 0 Å². The smallest absolute Gasteiger partial charge is 0.259 e. The minimum absolute atomic E-state index is 0.125. The van der Waals surface area contributed by atoms with Gasteiger partial charge in [0.25, 0.3) is 5.91 Å². The molecule has 0 spiro atoms. The molecule has 1 aliphatic heterocycles. The number of nitrogen functional groups attached to an aromatic ring is 1. The van der Waals surface area contributed by atoms with Gasteiger partial charge in [0.05, 0.1) is 5.56 Å². The van der Waals surface area contributed by atoms with E-state index >= 15 is 0 Å². The molecule has 0 unspecified atom stereocenters. The third-order valence-electron chi connectivity index (χ3n) is 6.07. The summed E-state index contributed by atoms with van der Waals surface area (Å²) in [5, 5.41) is 6.29. The zero-order valence-corrected chi connectivity index (χ0v) is 18.9. The van der Waals surface area contributed by atoms with E-state index in [0.717, 1.165) is 30.8 Å². The molecule has 2 aromatic heterocycles. The van der Waals surface area contributed by atoms with Gasteiger partial charge in [-0.3, -0.25) is 4.79 Å². The van der Waals surface area contributed by atoms with Crippen LogP contribution < -0.4 is 21.3 Å². The van der Waals surface area contributed by atoms with Gasteiger partial charge in [0.2, 0.25) is 0 Å². The first-order chi connectivity index (χ1) is 15.4. The second-order valence-electron chi connectivity index (χ2n) is 8.74. The zero-order chi connectivity index (χ0) is 22.7. The van der Waals surface area contributed by atoms with Gasteiger partial charge in [-0.25, -0.2) is 9.97 Å². The number of amides is 1. The summed E-state index contributed by atoms with van der Waals surface area (Å²) < 4.78 is 0. The van der Waals surface area contributed by atoms with Crippen LogP contribution in [0, 0.1) is 0 Å². The minimum atomic E-state index is -0.201. The van der Waals surface area contributed by atoms with Crippen molar-refractivity contribution in [1.29, 1.82) is 0 Å². The van der Waals surface area contributed by atoms with E-state index in [1.54, 1.807) is 30.6 Å². The van der Waals surface area contributed by atoms with Gasteiger partial charge in [-0.1, -0.05) is 19.9 Å². The van der Waals surface area contributed by atoms with Crippen LogP contribution in [0.3, 0.4) is 0 Å². The predicted molar refractivity (Wildman–Crippen MR) is 130 cm³/mol. The average Bonchev–Trinajstić information content (AvgIpc) is 2.78. The molecule has 0 atom stereocenters. The molecule has 0 bridgehead atoms. The van der Waals surface area contributed by atoms with Crippen molar-refractivity contribution >= 4 is 28.9 Å². The first-order valence-electron chi connectivity index (χ1n) is 11.0. The molecular weight excluding hydrogens is 400 g/mol. The fraction of sp³-hybridized carbons (Fsp3) is 0.320. The fourth-order valence-electron chi connectivity index (χ4n) is 4.16. The molecule has 4 N–H and O–H groups in total. The highest BCUT2D eigenvalue weighted by atomic mass is 16.1. The van der Waals surface area contributed by atoms with Crippen molar-refractivity contribution < 1.29 is 4.79 Å². The van der Waals surface area contributed by atoms with Crippen LogP contribution >= 0.6 is 0 Å². The molecule has 1 amide bonds. The number of nitrogens with two attached hydrogens (primary N) is 1. The Hall–Kier alpha value is -3.61. The van der Waals surface area contributed by atoms with Gasteiger partial charge in [-0.05, 0) is 66.3 Å². The Morgan fingerprint density at radius 2 is 2.00 bits per heavy atom. The zero-order valence-electron chi connectivity index (χ0n) is 18.9. The molecule has 1 aliphatic rings. The number of carbonyl (C=O) groups excluding carboxylic acids is 1. The normalized spacial score (nSPS) is 14.5. The molecule has 32 heavy (non-hydrogen) atoms. The highest BCUT2D eigenvalue weighted by Gasteiger charge is 2.30. The lowest BCUT2D eigenvalue weighted by Crippen LogP contribution is -2.37. The summed E-state index contributed by atoms with van der Waals surface area (Å²) >= 11 is 0. The number of hydrogen-bond donors (Lipinski definition) is 3. The molecular formula is C25H30N6O. The second-order valence-corrected chi connectivity index (χ2v) is 8.74. The Morgan fingerprint density at radius 1 is 1.16 bits per heavy atom. The van der Waals surface area contributed by atoms with Gasteiger partial charge in [0.15, 0.2) is 0 Å². The Morgan fingerprint density at radius 3 is 2.78 bits per heavy atom. The lowest BCUT2D eigenvalue weighted by Gasteiger charge is -2.40. The van der Waals surface area contributed by atoms with Crippen LogP contribution in [-0.4, -0.2) is 29.0 Å². The first kappa shape index (κ1) is 21.6. The molecule has 1 aromatic carbocycles. The molecule has 0 saturated heterocycles. The number of fused-ring (bicyclic) bond motifs is 1. The molecule has 3 aromatic rings. The van der Waals surface area contributed by atoms with E-state index in [4.69, 9.17) is 5.73 Å². The molecule has 0 aliphatic carbocycles. The highest BCUT2D eigenvalue weighted by molar-refractivity contribution is 6.07. The number of carbonyl (C=O) groups is 1. The number of hydrogen-bond acceptors (Lipinski definition) is 6. The van der Waals surface area contributed by atoms with Crippen LogP contribution in [0.5, 0.6) is 0 Å². The Balaban J connectivity index is 1.53. The minimum Gasteiger partial charge on any atom is -0.384 e. The summed E-state index contributed by atoms with van der Waals surface area (Å²) in [5.74, 6) is 0.780. The van der Waals surface area contributed by atoms with Crippen molar-refractivity contribution in [3.8, 4) is 0 Å². The van der Waals surface area contributed by atoms with E-state index in [0.29, 0.717) is 23.7 Å². The maximum atomic E-state index is 13.1. The van der Waals surface area contributed by atoms with Gasteiger partial charge in [0, 0.05) is 43.4 Å². The molecule has 0 saturated carbocycles. The molecule has 166 valence electrons. The Bertz CT molecular complexity index is 1130. The molecule has 3 heterocycles. The van der Waals surface area contributed by atoms with E-state index in [-0.39, 0.29) is 11.3 Å². The SMILES string of the molecule is CCN1CCC(C)(C)c2ccc(NC(=O)c3cccnc3NCc3ccnc(N)c3)cc21. The van der Waals surface area contributed by atoms with E-state index in [1.807, 2.05) is 12.1 Å². The molecule has 7 heteroatoms. The van der Waals surface area contributed by atoms with E-state index in [1.165, 1.54) is 11.3 Å². The van der Waals surface area contributed by atoms with Gasteiger partial charge in [-0.2, -0.15) is 0 Å². The Labute approximate surface area is 189 Å². The summed E-state index contributed by atoms with van der Waals surface area (Å²) in [6.07, 6.45) is 4.45. The third kappa shape index (κ3) is 4.51. The number of nitrogens with one attached hydrogen (secondary N) is 2. The largest absolute Gasteiger partial charge is 0.384 e. The van der Waals surface area contributed by atoms with Gasteiger partial charge < -0.3 is 21.3 Å². The molecule has 0 radical (unpaired) electrons. The van der Waals surface area contributed by atoms with Crippen molar-refractivity contribution in [3.63, 3.8) is 0 Å². The molecule has 0 fully saturated rings. The van der Waals surface area contributed by atoms with Crippen LogP contribution in [0.25, 0.3) is 0 Å². The topological polar surface area (TPSA) is 96.2 Å². The number of anilines is 4. The maximum absolute atomic E-state index is 13.1. The molecule has 7 nitrogen and oxygen atoms in total. The fourth-order valence-corrected chi connectivity index (χ4v) is 4.16. The number of benzene rings is 1. The molecule has 4 rings (SSSR count). The second kappa shape index (κ2) is 8.86. The lowest BCUT2D eigenvalue weighted by atomic mass is 9.77. The summed E-state index contributed by atoms with van der Waals surface area (Å²) in [7, 11) is 0. The van der Waals surface area contributed by atoms with Crippen LogP contribution in [0.1, 0.15) is 48.7 Å². The van der Waals surface area contributed by atoms with Gasteiger partial charge >= 0.3 is 0 Å². The lowest BCUT2D eigenvalue weighted by molar-refractivity contribution is 0.102. The van der Waals surface area contributed by atoms with E-state index in [2.05, 4.69) is 58.4 Å². The van der Waals surface area contributed by atoms with Crippen molar-refractivity contribution in [3.05, 3.63) is 71.5 Å². The van der Waals surface area contributed by atoms with E-state index in [9.17, 15) is 4.79 Å². The van der Waals surface area contributed by atoms with Crippen molar-refractivity contribution in [2.75, 3.05) is 34.4 Å². The summed E-state index contributed by atoms with van der Waals surface area (Å²) in [4.78, 5) is 23.9. The van der Waals surface area contributed by atoms with Crippen molar-refractivity contribution in [2.45, 2.75) is 39.2 Å². The number of aromatic nitrogens is 2. The summed E-state index contributed by atoms with van der Waals surface area (Å²) in [6, 6.07) is 13.4. The maximum Gasteiger partial charge on any atom is 0.259 e. The number of nitrogens with zero attached hydrogens (tertiary/aromatic N) is 3. The number of rotatable bonds is 6. The third-order valence-corrected chi connectivity index (χ3v) is 6.07.